The molecule has 0 bridgehead atoms. The van der Waals surface area contributed by atoms with Crippen molar-refractivity contribution in [2.45, 2.75) is 6.54 Å². The zero-order valence-corrected chi connectivity index (χ0v) is 11.9. The van der Waals surface area contributed by atoms with Crippen LogP contribution in [0.15, 0.2) is 36.5 Å². The lowest BCUT2D eigenvalue weighted by atomic mass is 10.1. The Morgan fingerprint density at radius 1 is 1.38 bits per heavy atom. The van der Waals surface area contributed by atoms with Crippen LogP contribution in [0.4, 0.5) is 17.2 Å². The summed E-state index contributed by atoms with van der Waals surface area (Å²) in [5.41, 5.74) is 2.06. The highest BCUT2D eigenvalue weighted by atomic mass is 35.5. The van der Waals surface area contributed by atoms with E-state index in [1.54, 1.807) is 0 Å². The number of halogens is 1. The van der Waals surface area contributed by atoms with Gasteiger partial charge in [-0.25, -0.2) is 4.98 Å². The fourth-order valence-corrected chi connectivity index (χ4v) is 2.66. The van der Waals surface area contributed by atoms with Crippen molar-refractivity contribution in [3.63, 3.8) is 0 Å². The highest BCUT2D eigenvalue weighted by molar-refractivity contribution is 6.33. The first-order valence-corrected chi connectivity index (χ1v) is 6.90. The summed E-state index contributed by atoms with van der Waals surface area (Å²) in [5.74, 6) is 0.540. The molecule has 0 fully saturated rings. The first-order chi connectivity index (χ1) is 10.2. The zero-order valence-electron chi connectivity index (χ0n) is 11.1. The van der Waals surface area contributed by atoms with E-state index in [2.05, 4.69) is 10.3 Å². The summed E-state index contributed by atoms with van der Waals surface area (Å²) < 4.78 is 0. The number of para-hydroxylation sites is 1. The number of hydrogen-bond acceptors (Lipinski definition) is 5. The van der Waals surface area contributed by atoms with Crippen molar-refractivity contribution < 1.29 is 4.92 Å². The van der Waals surface area contributed by atoms with E-state index in [0.717, 1.165) is 24.3 Å². The van der Waals surface area contributed by atoms with Gasteiger partial charge >= 0.3 is 0 Å². The van der Waals surface area contributed by atoms with E-state index in [1.807, 2.05) is 29.2 Å². The van der Waals surface area contributed by atoms with Gasteiger partial charge in [0.2, 0.25) is 0 Å². The van der Waals surface area contributed by atoms with Gasteiger partial charge in [0.15, 0.2) is 5.82 Å². The average molecular weight is 305 g/mol. The van der Waals surface area contributed by atoms with Crippen LogP contribution >= 0.6 is 11.6 Å². The Kier molecular flexibility index (Phi) is 3.72. The number of hydrogen-bond donors (Lipinski definition) is 1. The van der Waals surface area contributed by atoms with Crippen molar-refractivity contribution in [1.29, 1.82) is 0 Å². The van der Waals surface area contributed by atoms with E-state index in [0.29, 0.717) is 12.4 Å². The van der Waals surface area contributed by atoms with Crippen molar-refractivity contribution in [1.82, 2.24) is 10.3 Å². The van der Waals surface area contributed by atoms with Crippen LogP contribution in [-0.2, 0) is 6.54 Å². The second-order valence-electron chi connectivity index (χ2n) is 4.71. The maximum Gasteiger partial charge on any atom is 0.289 e. The molecule has 3 rings (SSSR count). The molecular formula is C14H13ClN4O2. The Morgan fingerprint density at radius 2 is 2.19 bits per heavy atom. The maximum atomic E-state index is 10.8. The summed E-state index contributed by atoms with van der Waals surface area (Å²) in [6.45, 7) is 2.25. The molecule has 1 N–H and O–H groups in total. The van der Waals surface area contributed by atoms with Crippen LogP contribution < -0.4 is 10.2 Å². The molecule has 0 aliphatic carbocycles. The minimum Gasteiger partial charge on any atom is -0.324 e. The lowest BCUT2D eigenvalue weighted by Gasteiger charge is -2.24. The van der Waals surface area contributed by atoms with Gasteiger partial charge < -0.3 is 10.2 Å². The molecule has 0 radical (unpaired) electrons. The summed E-state index contributed by atoms with van der Waals surface area (Å²) >= 11 is 6.20. The average Bonchev–Trinajstić information content (AvgIpc) is 2.69. The number of nitro groups is 1. The van der Waals surface area contributed by atoms with Crippen molar-refractivity contribution >= 4 is 28.8 Å². The van der Waals surface area contributed by atoms with Gasteiger partial charge in [-0.2, -0.15) is 0 Å². The first kappa shape index (κ1) is 13.8. The number of aromatic nitrogens is 1. The highest BCUT2D eigenvalue weighted by Gasteiger charge is 2.21. The number of fused-ring (bicyclic) bond motifs is 1. The molecule has 1 aromatic heterocycles. The molecule has 1 aliphatic rings. The minimum atomic E-state index is -0.499. The molecule has 1 aromatic carbocycles. The van der Waals surface area contributed by atoms with E-state index in [4.69, 9.17) is 11.6 Å². The predicted octanol–water partition coefficient (Wildman–Crippen LogP) is 2.88. The molecule has 0 amide bonds. The summed E-state index contributed by atoms with van der Waals surface area (Å²) in [5, 5.41) is 14.4. The first-order valence-electron chi connectivity index (χ1n) is 6.53. The molecule has 6 nitrogen and oxygen atoms in total. The smallest absolute Gasteiger partial charge is 0.289 e. The third-order valence-corrected chi connectivity index (χ3v) is 3.66. The van der Waals surface area contributed by atoms with Crippen LogP contribution in [0.1, 0.15) is 5.56 Å². The van der Waals surface area contributed by atoms with E-state index in [1.165, 1.54) is 12.3 Å². The van der Waals surface area contributed by atoms with Crippen molar-refractivity contribution in [3.8, 4) is 0 Å². The fraction of sp³-hybridized carbons (Fsp3) is 0.214. The van der Waals surface area contributed by atoms with Crippen LogP contribution in [0.3, 0.4) is 0 Å². The Labute approximate surface area is 126 Å². The SMILES string of the molecule is O=[N+]([O-])c1cnc(N2CCNCc3ccccc32)c(Cl)c1. The van der Waals surface area contributed by atoms with Gasteiger partial charge in [-0.05, 0) is 11.6 Å². The summed E-state index contributed by atoms with van der Waals surface area (Å²) in [7, 11) is 0. The number of benzene rings is 1. The lowest BCUT2D eigenvalue weighted by Crippen LogP contribution is -2.25. The van der Waals surface area contributed by atoms with E-state index >= 15 is 0 Å². The molecule has 21 heavy (non-hydrogen) atoms. The molecule has 7 heteroatoms. The molecule has 0 spiro atoms. The third kappa shape index (κ3) is 2.68. The number of nitrogens with zero attached hydrogens (tertiary/aromatic N) is 3. The highest BCUT2D eigenvalue weighted by Crippen LogP contribution is 2.34. The molecule has 2 aromatic rings. The van der Waals surface area contributed by atoms with Crippen LogP contribution in [-0.4, -0.2) is 23.0 Å². The van der Waals surface area contributed by atoms with Crippen LogP contribution in [0.2, 0.25) is 5.02 Å². The van der Waals surface area contributed by atoms with Gasteiger partial charge in [0.25, 0.3) is 5.69 Å². The molecular weight excluding hydrogens is 292 g/mol. The van der Waals surface area contributed by atoms with E-state index < -0.39 is 4.92 Å². The lowest BCUT2D eigenvalue weighted by molar-refractivity contribution is -0.385. The Bertz CT molecular complexity index is 692. The van der Waals surface area contributed by atoms with Gasteiger partial charge in [0.1, 0.15) is 6.20 Å². The predicted molar refractivity (Wildman–Crippen MR) is 81.1 cm³/mol. The van der Waals surface area contributed by atoms with Crippen LogP contribution in [0.25, 0.3) is 0 Å². The number of rotatable bonds is 2. The number of pyridine rings is 1. The normalized spacial score (nSPS) is 14.4. The van der Waals surface area contributed by atoms with Crippen LogP contribution in [0, 0.1) is 10.1 Å². The van der Waals surface area contributed by atoms with E-state index in [9.17, 15) is 10.1 Å². The van der Waals surface area contributed by atoms with E-state index in [-0.39, 0.29) is 10.7 Å². The van der Waals surface area contributed by atoms with Crippen molar-refractivity contribution in [2.24, 2.45) is 0 Å². The van der Waals surface area contributed by atoms with Crippen molar-refractivity contribution in [3.05, 3.63) is 57.2 Å². The second-order valence-corrected chi connectivity index (χ2v) is 5.12. The minimum absolute atomic E-state index is 0.106. The molecule has 1 aliphatic heterocycles. The monoisotopic (exact) mass is 304 g/mol. The standard InChI is InChI=1S/C14H13ClN4O2/c15-12-7-11(19(20)21)9-17-14(12)18-6-5-16-8-10-3-1-2-4-13(10)18/h1-4,7,9,16H,5-6,8H2. The van der Waals surface area contributed by atoms with Crippen LogP contribution in [0.5, 0.6) is 0 Å². The third-order valence-electron chi connectivity index (χ3n) is 3.38. The zero-order chi connectivity index (χ0) is 14.8. The Balaban J connectivity index is 2.06. The molecule has 2 heterocycles. The molecule has 0 atom stereocenters. The Morgan fingerprint density at radius 3 is 2.95 bits per heavy atom. The summed E-state index contributed by atoms with van der Waals surface area (Å²) in [6.07, 6.45) is 1.24. The molecule has 108 valence electrons. The van der Waals surface area contributed by atoms with Gasteiger partial charge in [-0.15, -0.1) is 0 Å². The van der Waals surface area contributed by atoms with Gasteiger partial charge in [0, 0.05) is 31.4 Å². The Hall–Kier alpha value is -2.18. The number of nitrogens with one attached hydrogen (secondary N) is 1. The second kappa shape index (κ2) is 5.67. The van der Waals surface area contributed by atoms with Gasteiger partial charge in [-0.3, -0.25) is 10.1 Å². The molecule has 0 saturated heterocycles. The fourth-order valence-electron chi connectivity index (χ4n) is 2.40. The summed E-state index contributed by atoms with van der Waals surface area (Å²) in [4.78, 5) is 16.5. The topological polar surface area (TPSA) is 71.3 Å². The van der Waals surface area contributed by atoms with Gasteiger partial charge in [0.05, 0.1) is 9.95 Å². The number of anilines is 2. The molecule has 0 unspecified atom stereocenters. The van der Waals surface area contributed by atoms with Gasteiger partial charge in [-0.1, -0.05) is 29.8 Å². The maximum absolute atomic E-state index is 10.8. The quantitative estimate of drug-likeness (QED) is 0.682. The molecule has 0 saturated carbocycles. The largest absolute Gasteiger partial charge is 0.324 e. The summed E-state index contributed by atoms with van der Waals surface area (Å²) in [6, 6.07) is 9.32. The van der Waals surface area contributed by atoms with Crippen molar-refractivity contribution in [2.75, 3.05) is 18.0 Å².